The van der Waals surface area contributed by atoms with Gasteiger partial charge in [-0.05, 0) is 79.4 Å². The average Bonchev–Trinajstić information content (AvgIpc) is 3.22. The quantitative estimate of drug-likeness (QED) is 0.435. The van der Waals surface area contributed by atoms with Gasteiger partial charge in [-0.25, -0.2) is 8.91 Å². The van der Waals surface area contributed by atoms with E-state index in [9.17, 15) is 14.0 Å². The van der Waals surface area contributed by atoms with Gasteiger partial charge in [0.05, 0.1) is 17.6 Å². The molecular formula is C26H22FN5O2. The fourth-order valence-electron chi connectivity index (χ4n) is 4.18. The molecule has 170 valence electrons. The molecule has 0 spiro atoms. The van der Waals surface area contributed by atoms with E-state index in [2.05, 4.69) is 15.4 Å². The summed E-state index contributed by atoms with van der Waals surface area (Å²) in [6.07, 6.45) is 0. The zero-order valence-electron chi connectivity index (χ0n) is 19.0. The molecule has 0 atom stereocenters. The Labute approximate surface area is 194 Å². The van der Waals surface area contributed by atoms with Gasteiger partial charge in [0.25, 0.3) is 11.5 Å². The van der Waals surface area contributed by atoms with Crippen LogP contribution in [0.4, 0.5) is 10.1 Å². The zero-order valence-corrected chi connectivity index (χ0v) is 19.0. The van der Waals surface area contributed by atoms with Crippen molar-refractivity contribution >= 4 is 28.3 Å². The van der Waals surface area contributed by atoms with Gasteiger partial charge in [0.2, 0.25) is 11.5 Å². The van der Waals surface area contributed by atoms with Crippen LogP contribution in [0.5, 0.6) is 0 Å². The predicted molar refractivity (Wildman–Crippen MR) is 129 cm³/mol. The third-order valence-electron chi connectivity index (χ3n) is 5.61. The zero-order chi connectivity index (χ0) is 24.0. The summed E-state index contributed by atoms with van der Waals surface area (Å²) in [5, 5.41) is 7.17. The summed E-state index contributed by atoms with van der Waals surface area (Å²) in [6.45, 7) is 5.97. The lowest BCUT2D eigenvalue weighted by Crippen LogP contribution is -2.24. The molecule has 5 rings (SSSR count). The highest BCUT2D eigenvalue weighted by Crippen LogP contribution is 2.19. The highest BCUT2D eigenvalue weighted by Gasteiger charge is 2.20. The molecule has 2 aromatic heterocycles. The van der Waals surface area contributed by atoms with Crippen LogP contribution < -0.4 is 10.9 Å². The van der Waals surface area contributed by atoms with Gasteiger partial charge >= 0.3 is 0 Å². The van der Waals surface area contributed by atoms with Gasteiger partial charge in [-0.15, -0.1) is 5.10 Å². The molecule has 5 aromatic rings. The first-order chi connectivity index (χ1) is 16.3. The number of nitrogens with one attached hydrogen (secondary N) is 1. The van der Waals surface area contributed by atoms with Crippen molar-refractivity contribution in [2.45, 2.75) is 27.3 Å². The Morgan fingerprint density at radius 2 is 1.71 bits per heavy atom. The number of nitrogens with zero attached hydrogens (tertiary/aromatic N) is 4. The monoisotopic (exact) mass is 455 g/mol. The Morgan fingerprint density at radius 1 is 0.941 bits per heavy atom. The number of benzene rings is 3. The fraction of sp³-hybridized carbons (Fsp3) is 0.154. The molecule has 7 nitrogen and oxygen atoms in total. The van der Waals surface area contributed by atoms with Crippen LogP contribution in [0.15, 0.2) is 65.5 Å². The molecule has 2 heterocycles. The Morgan fingerprint density at radius 3 is 2.44 bits per heavy atom. The minimum absolute atomic E-state index is 0.0262. The summed E-state index contributed by atoms with van der Waals surface area (Å²) in [6, 6.07) is 17.4. The summed E-state index contributed by atoms with van der Waals surface area (Å²) in [4.78, 5) is 30.6. The standard InChI is InChI=1S/C26H22FN5O2/c1-15-7-8-21-22(12-15)31(14-18-5-4-6-19(27)13-18)26(34)24-29-23(30-32(21)24)25(33)28-20-10-16(2)9-17(3)11-20/h4-13H,14H2,1-3H3,(H,28,33). The number of aryl methyl sites for hydroxylation is 3. The summed E-state index contributed by atoms with van der Waals surface area (Å²) in [7, 11) is 0. The molecule has 0 bridgehead atoms. The number of hydrogen-bond acceptors (Lipinski definition) is 4. The van der Waals surface area contributed by atoms with Gasteiger partial charge in [-0.3, -0.25) is 14.2 Å². The van der Waals surface area contributed by atoms with E-state index in [-0.39, 0.29) is 23.8 Å². The smallest absolute Gasteiger partial charge is 0.296 e. The van der Waals surface area contributed by atoms with Crippen molar-refractivity contribution in [3.05, 3.63) is 105 Å². The van der Waals surface area contributed by atoms with E-state index in [1.165, 1.54) is 21.2 Å². The van der Waals surface area contributed by atoms with Gasteiger partial charge in [0.15, 0.2) is 0 Å². The molecular weight excluding hydrogens is 433 g/mol. The highest BCUT2D eigenvalue weighted by atomic mass is 19.1. The Bertz CT molecular complexity index is 1630. The fourth-order valence-corrected chi connectivity index (χ4v) is 4.18. The van der Waals surface area contributed by atoms with Crippen LogP contribution in [-0.2, 0) is 6.54 Å². The van der Waals surface area contributed by atoms with Crippen molar-refractivity contribution in [2.24, 2.45) is 0 Å². The lowest BCUT2D eigenvalue weighted by molar-refractivity contribution is 0.101. The average molecular weight is 455 g/mol. The third-order valence-corrected chi connectivity index (χ3v) is 5.61. The van der Waals surface area contributed by atoms with Crippen LogP contribution in [0.3, 0.4) is 0 Å². The number of fused-ring (bicyclic) bond motifs is 3. The summed E-state index contributed by atoms with van der Waals surface area (Å²) in [5.74, 6) is -0.994. The maximum absolute atomic E-state index is 13.8. The van der Waals surface area contributed by atoms with Gasteiger partial charge in [0, 0.05) is 5.69 Å². The number of hydrogen-bond donors (Lipinski definition) is 1. The molecule has 34 heavy (non-hydrogen) atoms. The molecule has 8 heteroatoms. The molecule has 0 fully saturated rings. The summed E-state index contributed by atoms with van der Waals surface area (Å²) < 4.78 is 16.7. The minimum atomic E-state index is -0.509. The summed E-state index contributed by atoms with van der Waals surface area (Å²) in [5.41, 5.74) is 5.10. The molecule has 0 saturated heterocycles. The first kappa shape index (κ1) is 21.5. The number of amides is 1. The third kappa shape index (κ3) is 3.94. The van der Waals surface area contributed by atoms with Crippen molar-refractivity contribution < 1.29 is 9.18 Å². The van der Waals surface area contributed by atoms with Crippen molar-refractivity contribution in [3.8, 4) is 0 Å². The van der Waals surface area contributed by atoms with E-state index in [0.717, 1.165) is 16.7 Å². The minimum Gasteiger partial charge on any atom is -0.319 e. The molecule has 0 radical (unpaired) electrons. The van der Waals surface area contributed by atoms with Crippen LogP contribution in [0, 0.1) is 26.6 Å². The lowest BCUT2D eigenvalue weighted by Gasteiger charge is -2.12. The molecule has 1 N–H and O–H groups in total. The van der Waals surface area contributed by atoms with Crippen LogP contribution in [-0.4, -0.2) is 25.1 Å². The number of anilines is 1. The molecule has 0 aliphatic heterocycles. The van der Waals surface area contributed by atoms with Crippen molar-refractivity contribution in [2.75, 3.05) is 5.32 Å². The maximum Gasteiger partial charge on any atom is 0.296 e. The van der Waals surface area contributed by atoms with Gasteiger partial charge in [-0.2, -0.15) is 4.98 Å². The first-order valence-corrected chi connectivity index (χ1v) is 10.8. The molecule has 0 aliphatic carbocycles. The number of halogens is 1. The van der Waals surface area contributed by atoms with Gasteiger partial charge in [-0.1, -0.05) is 24.3 Å². The second-order valence-corrected chi connectivity index (χ2v) is 8.51. The van der Waals surface area contributed by atoms with E-state index in [1.807, 2.05) is 57.2 Å². The van der Waals surface area contributed by atoms with Gasteiger partial charge in [0.1, 0.15) is 5.82 Å². The normalized spacial score (nSPS) is 11.3. The predicted octanol–water partition coefficient (Wildman–Crippen LogP) is 4.41. The summed E-state index contributed by atoms with van der Waals surface area (Å²) >= 11 is 0. The van der Waals surface area contributed by atoms with E-state index >= 15 is 0 Å². The Balaban J connectivity index is 1.64. The maximum atomic E-state index is 13.8. The van der Waals surface area contributed by atoms with E-state index in [0.29, 0.717) is 22.3 Å². The number of carbonyl (C=O) groups excluding carboxylic acids is 1. The largest absolute Gasteiger partial charge is 0.319 e. The Hall–Kier alpha value is -4.33. The van der Waals surface area contributed by atoms with Crippen LogP contribution >= 0.6 is 0 Å². The molecule has 3 aromatic carbocycles. The number of rotatable bonds is 4. The van der Waals surface area contributed by atoms with Crippen LogP contribution in [0.2, 0.25) is 0 Å². The van der Waals surface area contributed by atoms with Crippen molar-refractivity contribution in [1.29, 1.82) is 0 Å². The SMILES string of the molecule is Cc1cc(C)cc(NC(=O)c2nc3c(=O)n(Cc4cccc(F)c4)c4cc(C)ccc4n3n2)c1. The second kappa shape index (κ2) is 8.22. The van der Waals surface area contributed by atoms with E-state index in [1.54, 1.807) is 12.1 Å². The van der Waals surface area contributed by atoms with Crippen molar-refractivity contribution in [1.82, 2.24) is 19.2 Å². The van der Waals surface area contributed by atoms with Crippen LogP contribution in [0.1, 0.15) is 32.9 Å². The second-order valence-electron chi connectivity index (χ2n) is 8.51. The molecule has 0 unspecified atom stereocenters. The Kier molecular flexibility index (Phi) is 5.20. The van der Waals surface area contributed by atoms with E-state index < -0.39 is 11.5 Å². The van der Waals surface area contributed by atoms with Crippen LogP contribution in [0.25, 0.3) is 16.7 Å². The first-order valence-electron chi connectivity index (χ1n) is 10.8. The molecule has 1 amide bonds. The van der Waals surface area contributed by atoms with Gasteiger partial charge < -0.3 is 5.32 Å². The number of carbonyl (C=O) groups is 1. The van der Waals surface area contributed by atoms with Crippen molar-refractivity contribution in [3.63, 3.8) is 0 Å². The highest BCUT2D eigenvalue weighted by molar-refractivity contribution is 6.02. The lowest BCUT2D eigenvalue weighted by atomic mass is 10.1. The topological polar surface area (TPSA) is 81.3 Å². The number of aromatic nitrogens is 4. The van der Waals surface area contributed by atoms with E-state index in [4.69, 9.17) is 0 Å². The molecule has 0 aliphatic rings. The molecule has 0 saturated carbocycles.